The SMILES string of the molecule is ClC1CC=C(C2=CC(c3ccccc3)N=C(c3ccccc3)N2)N1. The Morgan fingerprint density at radius 2 is 1.62 bits per heavy atom. The molecule has 2 atom stereocenters. The number of rotatable bonds is 3. The molecule has 24 heavy (non-hydrogen) atoms. The molecule has 120 valence electrons. The van der Waals surface area contributed by atoms with Crippen molar-refractivity contribution >= 4 is 17.4 Å². The first-order valence-corrected chi connectivity index (χ1v) is 8.51. The highest BCUT2D eigenvalue weighted by atomic mass is 35.5. The first-order chi connectivity index (χ1) is 11.8. The molecule has 0 bridgehead atoms. The highest BCUT2D eigenvalue weighted by Crippen LogP contribution is 2.28. The van der Waals surface area contributed by atoms with Gasteiger partial charge in [0.25, 0.3) is 0 Å². The molecule has 2 aliphatic rings. The van der Waals surface area contributed by atoms with E-state index in [1.54, 1.807) is 0 Å². The van der Waals surface area contributed by atoms with Crippen molar-refractivity contribution in [1.29, 1.82) is 0 Å². The predicted molar refractivity (Wildman–Crippen MR) is 98.9 cm³/mol. The highest BCUT2D eigenvalue weighted by Gasteiger charge is 2.23. The molecule has 0 spiro atoms. The lowest BCUT2D eigenvalue weighted by Crippen LogP contribution is -2.32. The molecule has 0 amide bonds. The van der Waals surface area contributed by atoms with E-state index in [-0.39, 0.29) is 11.5 Å². The number of halogens is 1. The molecule has 4 heteroatoms. The molecule has 2 aromatic carbocycles. The van der Waals surface area contributed by atoms with Crippen LogP contribution in [0.3, 0.4) is 0 Å². The summed E-state index contributed by atoms with van der Waals surface area (Å²) in [6.45, 7) is 0. The molecule has 0 saturated carbocycles. The van der Waals surface area contributed by atoms with Gasteiger partial charge in [-0.25, -0.2) is 0 Å². The van der Waals surface area contributed by atoms with Crippen molar-refractivity contribution in [3.8, 4) is 0 Å². The smallest absolute Gasteiger partial charge is 0.133 e. The fraction of sp³-hybridized carbons (Fsp3) is 0.150. The molecule has 0 saturated heterocycles. The van der Waals surface area contributed by atoms with Crippen LogP contribution in [0.4, 0.5) is 0 Å². The second-order valence-corrected chi connectivity index (χ2v) is 6.40. The molecular formula is C20H18ClN3. The molecule has 0 aromatic heterocycles. The van der Waals surface area contributed by atoms with E-state index in [2.05, 4.69) is 47.1 Å². The van der Waals surface area contributed by atoms with Crippen molar-refractivity contribution in [2.75, 3.05) is 0 Å². The summed E-state index contributed by atoms with van der Waals surface area (Å²) in [5, 5.41) is 6.76. The van der Waals surface area contributed by atoms with Gasteiger partial charge in [0, 0.05) is 12.0 Å². The number of nitrogens with one attached hydrogen (secondary N) is 2. The summed E-state index contributed by atoms with van der Waals surface area (Å²) < 4.78 is 0. The number of hydrogen-bond donors (Lipinski definition) is 2. The van der Waals surface area contributed by atoms with E-state index in [0.29, 0.717) is 0 Å². The fourth-order valence-electron chi connectivity index (χ4n) is 2.95. The normalized spacial score (nSPS) is 22.8. The van der Waals surface area contributed by atoms with Crippen molar-refractivity contribution in [2.24, 2.45) is 4.99 Å². The molecule has 2 unspecified atom stereocenters. The average molecular weight is 336 g/mol. The van der Waals surface area contributed by atoms with Crippen LogP contribution in [0, 0.1) is 0 Å². The Morgan fingerprint density at radius 3 is 2.29 bits per heavy atom. The maximum Gasteiger partial charge on any atom is 0.133 e. The zero-order valence-electron chi connectivity index (χ0n) is 13.1. The Kier molecular flexibility index (Phi) is 4.09. The van der Waals surface area contributed by atoms with Crippen LogP contribution in [-0.4, -0.2) is 11.3 Å². The average Bonchev–Trinajstić information content (AvgIpc) is 3.09. The third-order valence-electron chi connectivity index (χ3n) is 4.17. The van der Waals surface area contributed by atoms with Gasteiger partial charge in [0.15, 0.2) is 0 Å². The monoisotopic (exact) mass is 335 g/mol. The van der Waals surface area contributed by atoms with Crippen molar-refractivity contribution in [3.05, 3.63) is 95.3 Å². The van der Waals surface area contributed by atoms with Gasteiger partial charge in [0.1, 0.15) is 11.3 Å². The maximum absolute atomic E-state index is 6.18. The molecule has 0 radical (unpaired) electrons. The number of amidine groups is 1. The zero-order valence-corrected chi connectivity index (χ0v) is 13.9. The highest BCUT2D eigenvalue weighted by molar-refractivity contribution is 6.20. The molecule has 4 rings (SSSR count). The minimum Gasteiger partial charge on any atom is -0.368 e. The fourth-order valence-corrected chi connectivity index (χ4v) is 3.16. The van der Waals surface area contributed by atoms with Gasteiger partial charge in [-0.15, -0.1) is 0 Å². The first-order valence-electron chi connectivity index (χ1n) is 8.08. The van der Waals surface area contributed by atoms with Crippen LogP contribution in [0.5, 0.6) is 0 Å². The van der Waals surface area contributed by atoms with E-state index in [4.69, 9.17) is 16.6 Å². The first kappa shape index (κ1) is 15.0. The Hall–Kier alpha value is -2.52. The molecule has 2 aromatic rings. The minimum absolute atomic E-state index is 0.0188. The minimum atomic E-state index is -0.0445. The number of nitrogens with zero attached hydrogens (tertiary/aromatic N) is 1. The van der Waals surface area contributed by atoms with Gasteiger partial charge in [-0.3, -0.25) is 4.99 Å². The molecule has 2 heterocycles. The van der Waals surface area contributed by atoms with Crippen LogP contribution in [0.15, 0.2) is 89.2 Å². The number of alkyl halides is 1. The van der Waals surface area contributed by atoms with Crippen LogP contribution >= 0.6 is 11.6 Å². The van der Waals surface area contributed by atoms with Crippen LogP contribution in [0.1, 0.15) is 23.6 Å². The Morgan fingerprint density at radius 1 is 0.917 bits per heavy atom. The number of benzene rings is 2. The van der Waals surface area contributed by atoms with Gasteiger partial charge in [0.05, 0.1) is 17.4 Å². The van der Waals surface area contributed by atoms with Crippen LogP contribution in [-0.2, 0) is 0 Å². The zero-order chi connectivity index (χ0) is 16.4. The molecule has 0 aliphatic carbocycles. The second-order valence-electron chi connectivity index (χ2n) is 5.87. The largest absolute Gasteiger partial charge is 0.368 e. The van der Waals surface area contributed by atoms with E-state index in [1.807, 2.05) is 36.4 Å². The van der Waals surface area contributed by atoms with Gasteiger partial charge in [-0.2, -0.15) is 0 Å². The summed E-state index contributed by atoms with van der Waals surface area (Å²) in [5.41, 5.74) is 4.27. The van der Waals surface area contributed by atoms with E-state index >= 15 is 0 Å². The lowest BCUT2D eigenvalue weighted by Gasteiger charge is -2.24. The van der Waals surface area contributed by atoms with E-state index < -0.39 is 0 Å². The van der Waals surface area contributed by atoms with Gasteiger partial charge < -0.3 is 10.6 Å². The van der Waals surface area contributed by atoms with Crippen LogP contribution in [0.2, 0.25) is 0 Å². The van der Waals surface area contributed by atoms with Crippen molar-refractivity contribution in [1.82, 2.24) is 10.6 Å². The van der Waals surface area contributed by atoms with Gasteiger partial charge in [-0.1, -0.05) is 78.3 Å². The molecule has 3 nitrogen and oxygen atoms in total. The lowest BCUT2D eigenvalue weighted by molar-refractivity contribution is 0.781. The van der Waals surface area contributed by atoms with E-state index in [9.17, 15) is 0 Å². The predicted octanol–water partition coefficient (Wildman–Crippen LogP) is 4.10. The number of hydrogen-bond acceptors (Lipinski definition) is 3. The maximum atomic E-state index is 6.18. The van der Waals surface area contributed by atoms with Crippen LogP contribution < -0.4 is 10.6 Å². The third kappa shape index (κ3) is 3.08. The summed E-state index contributed by atoms with van der Waals surface area (Å²) in [4.78, 5) is 4.90. The Labute approximate surface area is 146 Å². The summed E-state index contributed by atoms with van der Waals surface area (Å²) in [7, 11) is 0. The second kappa shape index (κ2) is 6.54. The number of aliphatic imine (C=N–C) groups is 1. The molecule has 2 aliphatic heterocycles. The van der Waals surface area contributed by atoms with Crippen LogP contribution in [0.25, 0.3) is 0 Å². The third-order valence-corrected chi connectivity index (χ3v) is 4.45. The molecule has 2 N–H and O–H groups in total. The summed E-state index contributed by atoms with van der Waals surface area (Å²) >= 11 is 6.18. The van der Waals surface area contributed by atoms with E-state index in [0.717, 1.165) is 29.2 Å². The topological polar surface area (TPSA) is 36.4 Å². The Bertz CT molecular complexity index is 809. The molecule has 0 fully saturated rings. The Balaban J connectivity index is 1.72. The quantitative estimate of drug-likeness (QED) is 0.654. The van der Waals surface area contributed by atoms with Gasteiger partial charge in [0.2, 0.25) is 0 Å². The van der Waals surface area contributed by atoms with Gasteiger partial charge >= 0.3 is 0 Å². The summed E-state index contributed by atoms with van der Waals surface area (Å²) in [6.07, 6.45) is 5.10. The molecular weight excluding hydrogens is 318 g/mol. The lowest BCUT2D eigenvalue weighted by atomic mass is 10.0. The van der Waals surface area contributed by atoms with Crippen molar-refractivity contribution in [2.45, 2.75) is 18.0 Å². The summed E-state index contributed by atoms with van der Waals surface area (Å²) in [6, 6.07) is 20.5. The summed E-state index contributed by atoms with van der Waals surface area (Å²) in [5.74, 6) is 0.877. The van der Waals surface area contributed by atoms with Gasteiger partial charge in [-0.05, 0) is 11.6 Å². The van der Waals surface area contributed by atoms with Crippen molar-refractivity contribution < 1.29 is 0 Å². The van der Waals surface area contributed by atoms with Crippen molar-refractivity contribution in [3.63, 3.8) is 0 Å². The standard InChI is InChI=1S/C20H18ClN3/c21-19-12-11-16(22-19)18-13-17(14-7-3-1-4-8-14)23-20(24-18)15-9-5-2-6-10-15/h1-11,13,17,19,22H,12H2,(H,23,24). The van der Waals surface area contributed by atoms with E-state index in [1.165, 1.54) is 5.56 Å².